The lowest BCUT2D eigenvalue weighted by Crippen LogP contribution is -2.39. The molecule has 1 aromatic heterocycles. The van der Waals surface area contributed by atoms with Crippen LogP contribution in [0.5, 0.6) is 0 Å². The van der Waals surface area contributed by atoms with E-state index in [1.54, 1.807) is 0 Å². The standard InChI is InChI=1S/C10H17N3S/c1-12-6-3-2-4-9(12)8-13-7-5-11-10(13)14/h5,7,9H,2-4,6,8H2,1H3,(H,11,14). The van der Waals surface area contributed by atoms with Crippen molar-refractivity contribution in [1.82, 2.24) is 14.5 Å². The van der Waals surface area contributed by atoms with Gasteiger partial charge in [-0.05, 0) is 38.7 Å². The fourth-order valence-electron chi connectivity index (χ4n) is 2.09. The summed E-state index contributed by atoms with van der Waals surface area (Å²) < 4.78 is 2.96. The molecule has 4 heteroatoms. The van der Waals surface area contributed by atoms with Crippen LogP contribution in [0.15, 0.2) is 12.4 Å². The smallest absolute Gasteiger partial charge is 0.177 e. The van der Waals surface area contributed by atoms with Crippen LogP contribution in [-0.2, 0) is 6.54 Å². The Balaban J connectivity index is 2.03. The van der Waals surface area contributed by atoms with Gasteiger partial charge in [-0.25, -0.2) is 0 Å². The molecule has 1 aliphatic heterocycles. The Morgan fingerprint density at radius 1 is 1.57 bits per heavy atom. The van der Waals surface area contributed by atoms with Crippen LogP contribution < -0.4 is 0 Å². The minimum atomic E-state index is 0.659. The first-order valence-corrected chi connectivity index (χ1v) is 5.62. The monoisotopic (exact) mass is 211 g/mol. The van der Waals surface area contributed by atoms with Crippen LogP contribution in [0.1, 0.15) is 19.3 Å². The molecule has 0 aromatic carbocycles. The molecule has 0 bridgehead atoms. The maximum atomic E-state index is 5.18. The van der Waals surface area contributed by atoms with Crippen molar-refractivity contribution in [3.05, 3.63) is 17.2 Å². The predicted molar refractivity (Wildman–Crippen MR) is 59.9 cm³/mol. The van der Waals surface area contributed by atoms with Crippen molar-refractivity contribution in [3.8, 4) is 0 Å². The van der Waals surface area contributed by atoms with E-state index in [4.69, 9.17) is 12.2 Å². The highest BCUT2D eigenvalue weighted by molar-refractivity contribution is 7.71. The van der Waals surface area contributed by atoms with Crippen LogP contribution in [0.25, 0.3) is 0 Å². The Bertz CT molecular complexity index is 341. The van der Waals surface area contributed by atoms with Gasteiger partial charge >= 0.3 is 0 Å². The molecular formula is C10H17N3S. The summed E-state index contributed by atoms with van der Waals surface area (Å²) in [6.07, 6.45) is 7.93. The molecule has 0 saturated carbocycles. The van der Waals surface area contributed by atoms with Crippen molar-refractivity contribution in [2.45, 2.75) is 31.8 Å². The number of imidazole rings is 1. The molecule has 1 aliphatic rings. The largest absolute Gasteiger partial charge is 0.337 e. The Morgan fingerprint density at radius 3 is 3.07 bits per heavy atom. The number of H-pyrrole nitrogens is 1. The number of nitrogens with one attached hydrogen (secondary N) is 1. The Morgan fingerprint density at radius 2 is 2.43 bits per heavy atom. The van der Waals surface area contributed by atoms with Crippen molar-refractivity contribution < 1.29 is 0 Å². The SMILES string of the molecule is CN1CCCCC1Cn1cc[nH]c1=S. The summed E-state index contributed by atoms with van der Waals surface area (Å²) in [5.74, 6) is 0. The first-order valence-electron chi connectivity index (χ1n) is 5.21. The Kier molecular flexibility index (Phi) is 3.03. The fraction of sp³-hybridized carbons (Fsp3) is 0.700. The summed E-state index contributed by atoms with van der Waals surface area (Å²) in [7, 11) is 2.21. The van der Waals surface area contributed by atoms with Gasteiger partial charge in [-0.15, -0.1) is 0 Å². The quantitative estimate of drug-likeness (QED) is 0.757. The zero-order valence-electron chi connectivity index (χ0n) is 8.57. The fourth-order valence-corrected chi connectivity index (χ4v) is 2.30. The van der Waals surface area contributed by atoms with E-state index < -0.39 is 0 Å². The van der Waals surface area contributed by atoms with Gasteiger partial charge in [-0.3, -0.25) is 0 Å². The zero-order chi connectivity index (χ0) is 9.97. The highest BCUT2D eigenvalue weighted by Gasteiger charge is 2.18. The summed E-state index contributed by atoms with van der Waals surface area (Å²) in [4.78, 5) is 5.48. The second-order valence-electron chi connectivity index (χ2n) is 4.05. The molecule has 1 N–H and O–H groups in total. The van der Waals surface area contributed by atoms with Crippen LogP contribution in [0, 0.1) is 4.77 Å². The first-order chi connectivity index (χ1) is 6.77. The summed E-state index contributed by atoms with van der Waals surface area (Å²) in [6, 6.07) is 0.659. The van der Waals surface area contributed by atoms with Crippen LogP contribution in [0.3, 0.4) is 0 Å². The van der Waals surface area contributed by atoms with Gasteiger partial charge < -0.3 is 14.5 Å². The van der Waals surface area contributed by atoms with Gasteiger partial charge in [0.25, 0.3) is 0 Å². The van der Waals surface area contributed by atoms with Crippen molar-refractivity contribution in [2.24, 2.45) is 0 Å². The molecule has 1 saturated heterocycles. The van der Waals surface area contributed by atoms with E-state index in [-0.39, 0.29) is 0 Å². The second-order valence-corrected chi connectivity index (χ2v) is 4.43. The molecule has 0 spiro atoms. The Hall–Kier alpha value is -0.610. The Labute approximate surface area is 89.7 Å². The number of piperidine rings is 1. The van der Waals surface area contributed by atoms with E-state index >= 15 is 0 Å². The molecule has 78 valence electrons. The van der Waals surface area contributed by atoms with E-state index in [9.17, 15) is 0 Å². The lowest BCUT2D eigenvalue weighted by Gasteiger charge is -2.32. The molecule has 3 nitrogen and oxygen atoms in total. The summed E-state index contributed by atoms with van der Waals surface area (Å²) in [5, 5.41) is 0. The number of hydrogen-bond acceptors (Lipinski definition) is 2. The zero-order valence-corrected chi connectivity index (χ0v) is 9.39. The number of aromatic amines is 1. The third-order valence-corrected chi connectivity index (χ3v) is 3.40. The van der Waals surface area contributed by atoms with Gasteiger partial charge in [0.15, 0.2) is 4.77 Å². The molecule has 1 atom stereocenters. The highest BCUT2D eigenvalue weighted by Crippen LogP contribution is 2.16. The summed E-state index contributed by atoms with van der Waals surface area (Å²) >= 11 is 5.18. The van der Waals surface area contributed by atoms with E-state index in [1.807, 2.05) is 12.4 Å². The van der Waals surface area contributed by atoms with Crippen molar-refractivity contribution >= 4 is 12.2 Å². The van der Waals surface area contributed by atoms with Gasteiger partial charge in [-0.2, -0.15) is 0 Å². The molecule has 0 amide bonds. The van der Waals surface area contributed by atoms with Gasteiger partial charge in [0.05, 0.1) is 0 Å². The van der Waals surface area contributed by atoms with Crippen molar-refractivity contribution in [2.75, 3.05) is 13.6 Å². The topological polar surface area (TPSA) is 24.0 Å². The second kappa shape index (κ2) is 4.28. The summed E-state index contributed by atoms with van der Waals surface area (Å²) in [6.45, 7) is 2.25. The molecule has 0 aliphatic carbocycles. The number of likely N-dealkylation sites (tertiary alicyclic amines) is 1. The van der Waals surface area contributed by atoms with Gasteiger partial charge in [0, 0.05) is 25.0 Å². The predicted octanol–water partition coefficient (Wildman–Crippen LogP) is 2.03. The molecule has 0 radical (unpaired) electrons. The normalized spacial score (nSPS) is 23.9. The number of aromatic nitrogens is 2. The van der Waals surface area contributed by atoms with E-state index in [2.05, 4.69) is 21.5 Å². The number of rotatable bonds is 2. The summed E-state index contributed by atoms with van der Waals surface area (Å²) in [5.41, 5.74) is 0. The number of nitrogens with zero attached hydrogens (tertiary/aromatic N) is 2. The lowest BCUT2D eigenvalue weighted by molar-refractivity contribution is 0.167. The third kappa shape index (κ3) is 2.07. The van der Waals surface area contributed by atoms with Gasteiger partial charge in [0.1, 0.15) is 0 Å². The van der Waals surface area contributed by atoms with E-state index in [0.717, 1.165) is 11.3 Å². The maximum Gasteiger partial charge on any atom is 0.177 e. The average molecular weight is 211 g/mol. The highest BCUT2D eigenvalue weighted by atomic mass is 32.1. The van der Waals surface area contributed by atoms with Crippen LogP contribution >= 0.6 is 12.2 Å². The number of likely N-dealkylation sites (N-methyl/N-ethyl adjacent to an activating group) is 1. The van der Waals surface area contributed by atoms with Crippen molar-refractivity contribution in [3.63, 3.8) is 0 Å². The first kappa shape index (κ1) is 9.93. The molecule has 14 heavy (non-hydrogen) atoms. The van der Waals surface area contributed by atoms with Crippen LogP contribution in [0.2, 0.25) is 0 Å². The molecule has 1 aromatic rings. The minimum absolute atomic E-state index is 0.659. The maximum absolute atomic E-state index is 5.18. The van der Waals surface area contributed by atoms with Gasteiger partial charge in [-0.1, -0.05) is 6.42 Å². The molecule has 2 rings (SSSR count). The van der Waals surface area contributed by atoms with E-state index in [0.29, 0.717) is 6.04 Å². The van der Waals surface area contributed by atoms with Gasteiger partial charge in [0.2, 0.25) is 0 Å². The minimum Gasteiger partial charge on any atom is -0.337 e. The third-order valence-electron chi connectivity index (χ3n) is 3.05. The van der Waals surface area contributed by atoms with Crippen LogP contribution in [0.4, 0.5) is 0 Å². The average Bonchev–Trinajstić information content (AvgIpc) is 2.56. The molecule has 2 heterocycles. The van der Waals surface area contributed by atoms with Crippen molar-refractivity contribution in [1.29, 1.82) is 0 Å². The van der Waals surface area contributed by atoms with Crippen LogP contribution in [-0.4, -0.2) is 34.1 Å². The lowest BCUT2D eigenvalue weighted by atomic mass is 10.0. The molecule has 1 fully saturated rings. The molecule has 1 unspecified atom stereocenters. The number of hydrogen-bond donors (Lipinski definition) is 1. The van der Waals surface area contributed by atoms with E-state index in [1.165, 1.54) is 25.8 Å². The molecular weight excluding hydrogens is 194 g/mol.